The van der Waals surface area contributed by atoms with E-state index in [1.807, 2.05) is 30.0 Å². The highest BCUT2D eigenvalue weighted by molar-refractivity contribution is 5.96. The second-order valence-electron chi connectivity index (χ2n) is 6.69. The fraction of sp³-hybridized carbons (Fsp3) is 0.529. The van der Waals surface area contributed by atoms with Crippen LogP contribution in [-0.2, 0) is 16.0 Å². The molecule has 2 N–H and O–H groups in total. The summed E-state index contributed by atoms with van der Waals surface area (Å²) in [6, 6.07) is 8.05. The third-order valence-corrected chi connectivity index (χ3v) is 4.77. The first kappa shape index (κ1) is 16.0. The van der Waals surface area contributed by atoms with Gasteiger partial charge >= 0.3 is 5.97 Å². The fourth-order valence-electron chi connectivity index (χ4n) is 3.50. The number of nitrogens with zero attached hydrogens (tertiary/aromatic N) is 2. The van der Waals surface area contributed by atoms with Crippen molar-refractivity contribution in [2.24, 2.45) is 0 Å². The average Bonchev–Trinajstić information content (AvgIpc) is 3.10. The first-order valence-corrected chi connectivity index (χ1v) is 8.04. The molecule has 1 saturated heterocycles. The third kappa shape index (κ3) is 3.54. The Bertz CT molecular complexity index is 619. The van der Waals surface area contributed by atoms with E-state index in [9.17, 15) is 9.59 Å². The molecule has 1 atom stereocenters. The number of anilines is 1. The van der Waals surface area contributed by atoms with E-state index in [4.69, 9.17) is 5.11 Å². The minimum absolute atomic E-state index is 0.0439. The number of likely N-dealkylation sites (tertiary alicyclic amines) is 1. The molecule has 6 nitrogen and oxygen atoms in total. The van der Waals surface area contributed by atoms with Gasteiger partial charge in [-0.05, 0) is 31.4 Å². The van der Waals surface area contributed by atoms with Gasteiger partial charge in [-0.2, -0.15) is 0 Å². The predicted octanol–water partition coefficient (Wildman–Crippen LogP) is 0.714. The monoisotopic (exact) mass is 317 g/mol. The lowest BCUT2D eigenvalue weighted by Gasteiger charge is -2.26. The minimum atomic E-state index is -0.852. The molecule has 0 aliphatic carbocycles. The van der Waals surface area contributed by atoms with E-state index in [2.05, 4.69) is 16.3 Å². The number of carboxylic acids is 1. The molecule has 1 amide bonds. The molecule has 2 aliphatic heterocycles. The molecular formula is C17H23N3O3. The maximum atomic E-state index is 12.6. The van der Waals surface area contributed by atoms with Crippen molar-refractivity contribution in [2.75, 3.05) is 37.6 Å². The number of para-hydroxylation sites is 1. The van der Waals surface area contributed by atoms with Gasteiger partial charge in [-0.3, -0.25) is 14.5 Å². The lowest BCUT2D eigenvalue weighted by atomic mass is 10.0. The van der Waals surface area contributed by atoms with Crippen LogP contribution in [-0.4, -0.2) is 60.1 Å². The molecule has 23 heavy (non-hydrogen) atoms. The Morgan fingerprint density at radius 1 is 1.30 bits per heavy atom. The highest BCUT2D eigenvalue weighted by Gasteiger charge is 2.35. The maximum Gasteiger partial charge on any atom is 0.317 e. The van der Waals surface area contributed by atoms with E-state index < -0.39 is 5.97 Å². The summed E-state index contributed by atoms with van der Waals surface area (Å²) in [5.41, 5.74) is 2.03. The zero-order valence-electron chi connectivity index (χ0n) is 13.4. The van der Waals surface area contributed by atoms with E-state index in [1.165, 1.54) is 5.56 Å². The lowest BCUT2D eigenvalue weighted by molar-refractivity contribution is -0.136. The predicted molar refractivity (Wildman–Crippen MR) is 87.6 cm³/mol. The molecule has 1 fully saturated rings. The summed E-state index contributed by atoms with van der Waals surface area (Å²) in [7, 11) is 0. The molecule has 0 radical (unpaired) electrons. The van der Waals surface area contributed by atoms with Crippen LogP contribution in [0.15, 0.2) is 24.3 Å². The average molecular weight is 317 g/mol. The van der Waals surface area contributed by atoms with E-state index >= 15 is 0 Å². The second kappa shape index (κ2) is 6.29. The zero-order valence-corrected chi connectivity index (χ0v) is 13.4. The number of carbonyl (C=O) groups excluding carboxylic acids is 1. The Kier molecular flexibility index (Phi) is 4.37. The van der Waals surface area contributed by atoms with Gasteiger partial charge < -0.3 is 15.3 Å². The van der Waals surface area contributed by atoms with Crippen LogP contribution >= 0.6 is 0 Å². The SMILES string of the molecule is C[C@]1(NCC(=O)O)CCN(CC(=O)N2CCc3ccccc32)C1. The molecule has 6 heteroatoms. The Labute approximate surface area is 136 Å². The molecule has 0 spiro atoms. The van der Waals surface area contributed by atoms with Gasteiger partial charge in [0.15, 0.2) is 0 Å². The van der Waals surface area contributed by atoms with Crippen molar-refractivity contribution in [2.45, 2.75) is 25.3 Å². The van der Waals surface area contributed by atoms with Crippen LogP contribution in [0, 0.1) is 0 Å². The van der Waals surface area contributed by atoms with Gasteiger partial charge in [-0.1, -0.05) is 18.2 Å². The van der Waals surface area contributed by atoms with Crippen molar-refractivity contribution in [1.29, 1.82) is 0 Å². The van der Waals surface area contributed by atoms with Gasteiger partial charge in [0, 0.05) is 30.9 Å². The second-order valence-corrected chi connectivity index (χ2v) is 6.69. The van der Waals surface area contributed by atoms with Gasteiger partial charge in [-0.15, -0.1) is 0 Å². The summed E-state index contributed by atoms with van der Waals surface area (Å²) in [5, 5.41) is 11.9. The number of fused-ring (bicyclic) bond motifs is 1. The van der Waals surface area contributed by atoms with Crippen molar-refractivity contribution in [3.05, 3.63) is 29.8 Å². The Balaban J connectivity index is 1.57. The van der Waals surface area contributed by atoms with Crippen molar-refractivity contribution in [1.82, 2.24) is 10.2 Å². The number of hydrogen-bond donors (Lipinski definition) is 2. The van der Waals surface area contributed by atoms with E-state index in [-0.39, 0.29) is 18.0 Å². The summed E-state index contributed by atoms with van der Waals surface area (Å²) >= 11 is 0. The smallest absolute Gasteiger partial charge is 0.317 e. The highest BCUT2D eigenvalue weighted by atomic mass is 16.4. The number of amides is 1. The van der Waals surface area contributed by atoms with Gasteiger partial charge in [0.25, 0.3) is 0 Å². The topological polar surface area (TPSA) is 72.9 Å². The molecule has 3 rings (SSSR count). The van der Waals surface area contributed by atoms with Crippen LogP contribution < -0.4 is 10.2 Å². The van der Waals surface area contributed by atoms with Gasteiger partial charge in [0.05, 0.1) is 13.1 Å². The quantitative estimate of drug-likeness (QED) is 0.837. The van der Waals surface area contributed by atoms with E-state index in [1.54, 1.807) is 0 Å². The fourth-order valence-corrected chi connectivity index (χ4v) is 3.50. The van der Waals surface area contributed by atoms with E-state index in [0.717, 1.165) is 31.6 Å². The molecule has 1 aromatic carbocycles. The summed E-state index contributed by atoms with van der Waals surface area (Å²) in [6.45, 7) is 4.62. The standard InChI is InChI=1S/C17H23N3O3/c1-17(18-10-16(22)23)7-9-19(12-17)11-15(21)20-8-6-13-4-2-3-5-14(13)20/h2-5,18H,6-12H2,1H3,(H,22,23)/t17-/m0/s1. The normalized spacial score (nSPS) is 24.0. The van der Waals surface area contributed by atoms with Crippen molar-refractivity contribution in [3.63, 3.8) is 0 Å². The number of carbonyl (C=O) groups is 2. The van der Waals surface area contributed by atoms with Crippen molar-refractivity contribution >= 4 is 17.6 Å². The Morgan fingerprint density at radius 3 is 2.87 bits per heavy atom. The summed E-state index contributed by atoms with van der Waals surface area (Å²) in [5.74, 6) is -0.730. The molecule has 0 aromatic heterocycles. The van der Waals surface area contributed by atoms with Gasteiger partial charge in [0.2, 0.25) is 5.91 Å². The summed E-state index contributed by atoms with van der Waals surface area (Å²) in [4.78, 5) is 27.3. The van der Waals surface area contributed by atoms with Crippen LogP contribution in [0.1, 0.15) is 18.9 Å². The molecule has 0 unspecified atom stereocenters. The van der Waals surface area contributed by atoms with Crippen LogP contribution in [0.3, 0.4) is 0 Å². The summed E-state index contributed by atoms with van der Waals surface area (Å²) in [6.07, 6.45) is 1.77. The largest absolute Gasteiger partial charge is 0.480 e. The summed E-state index contributed by atoms with van der Waals surface area (Å²) < 4.78 is 0. The number of benzene rings is 1. The van der Waals surface area contributed by atoms with Gasteiger partial charge in [-0.25, -0.2) is 0 Å². The maximum absolute atomic E-state index is 12.6. The highest BCUT2D eigenvalue weighted by Crippen LogP contribution is 2.28. The molecule has 0 bridgehead atoms. The lowest BCUT2D eigenvalue weighted by Crippen LogP contribution is -2.48. The van der Waals surface area contributed by atoms with Crippen LogP contribution in [0.4, 0.5) is 5.69 Å². The zero-order chi connectivity index (χ0) is 16.4. The Hall–Kier alpha value is -1.92. The Morgan fingerprint density at radius 2 is 2.09 bits per heavy atom. The number of aliphatic carboxylic acids is 1. The first-order chi connectivity index (χ1) is 11.0. The van der Waals surface area contributed by atoms with E-state index in [0.29, 0.717) is 13.1 Å². The van der Waals surface area contributed by atoms with Crippen molar-refractivity contribution in [3.8, 4) is 0 Å². The van der Waals surface area contributed by atoms with Gasteiger partial charge in [0.1, 0.15) is 0 Å². The first-order valence-electron chi connectivity index (χ1n) is 8.04. The number of rotatable bonds is 5. The molecule has 0 saturated carbocycles. The van der Waals surface area contributed by atoms with Crippen LogP contribution in [0.2, 0.25) is 0 Å². The van der Waals surface area contributed by atoms with Crippen molar-refractivity contribution < 1.29 is 14.7 Å². The molecule has 2 aliphatic rings. The molecule has 2 heterocycles. The number of nitrogens with one attached hydrogen (secondary N) is 1. The van der Waals surface area contributed by atoms with Crippen LogP contribution in [0.5, 0.6) is 0 Å². The molecular weight excluding hydrogens is 294 g/mol. The number of hydrogen-bond acceptors (Lipinski definition) is 4. The molecule has 124 valence electrons. The van der Waals surface area contributed by atoms with Crippen LogP contribution in [0.25, 0.3) is 0 Å². The minimum Gasteiger partial charge on any atom is -0.480 e. The third-order valence-electron chi connectivity index (χ3n) is 4.77. The number of carboxylic acid groups (broad SMARTS) is 1. The molecule has 1 aromatic rings.